The highest BCUT2D eigenvalue weighted by Gasteiger charge is 2.14. The molecule has 1 heterocycles. The summed E-state index contributed by atoms with van der Waals surface area (Å²) in [6.45, 7) is 1.33. The van der Waals surface area contributed by atoms with Crippen molar-refractivity contribution < 1.29 is 4.92 Å². The average molecular weight is 271 g/mol. The van der Waals surface area contributed by atoms with Crippen molar-refractivity contribution in [1.29, 1.82) is 5.26 Å². The zero-order chi connectivity index (χ0) is 14.4. The normalized spacial score (nSPS) is 9.95. The fourth-order valence-electron chi connectivity index (χ4n) is 1.80. The number of aromatic nitrogens is 2. The maximum Gasteiger partial charge on any atom is 0.293 e. The fraction of sp³-hybridized carbons (Fsp3) is 0.231. The van der Waals surface area contributed by atoms with E-state index in [0.29, 0.717) is 12.2 Å². The molecule has 7 nitrogen and oxygen atoms in total. The molecule has 2 rings (SSSR count). The molecule has 0 aliphatic heterocycles. The van der Waals surface area contributed by atoms with Crippen LogP contribution < -0.4 is 5.32 Å². The molecule has 7 heteroatoms. The summed E-state index contributed by atoms with van der Waals surface area (Å²) >= 11 is 0. The highest BCUT2D eigenvalue weighted by Crippen LogP contribution is 2.25. The predicted octanol–water partition coefficient (Wildman–Crippen LogP) is 2.17. The Hall–Kier alpha value is -2.88. The minimum Gasteiger partial charge on any atom is -0.379 e. The van der Waals surface area contributed by atoms with Crippen LogP contribution in [-0.4, -0.2) is 21.2 Å². The number of nitro groups is 1. The summed E-state index contributed by atoms with van der Waals surface area (Å²) in [7, 11) is 0. The molecule has 0 saturated carbocycles. The van der Waals surface area contributed by atoms with Crippen molar-refractivity contribution in [3.63, 3.8) is 0 Å². The van der Waals surface area contributed by atoms with E-state index in [4.69, 9.17) is 5.26 Å². The molecule has 1 aromatic heterocycles. The lowest BCUT2D eigenvalue weighted by Gasteiger charge is -2.07. The standard InChI is InChI=1S/C13H13N5O2/c14-10-11-3-4-12(13(9-11)18(19)20)15-5-1-7-17-8-2-6-16-17/h2-4,6,8-9,15H,1,5,7H2. The number of nitrogens with zero attached hydrogens (tertiary/aromatic N) is 4. The monoisotopic (exact) mass is 271 g/mol. The molecule has 102 valence electrons. The van der Waals surface area contributed by atoms with Gasteiger partial charge in [0.25, 0.3) is 5.69 Å². The second-order valence-electron chi connectivity index (χ2n) is 4.15. The van der Waals surface area contributed by atoms with Crippen LogP contribution in [0, 0.1) is 21.4 Å². The number of hydrogen-bond donors (Lipinski definition) is 1. The summed E-state index contributed by atoms with van der Waals surface area (Å²) in [5, 5.41) is 26.8. The van der Waals surface area contributed by atoms with Gasteiger partial charge in [0, 0.05) is 31.5 Å². The molecule has 0 unspecified atom stereocenters. The van der Waals surface area contributed by atoms with Gasteiger partial charge < -0.3 is 5.32 Å². The van der Waals surface area contributed by atoms with E-state index in [-0.39, 0.29) is 11.3 Å². The van der Waals surface area contributed by atoms with Crippen LogP contribution in [0.5, 0.6) is 0 Å². The summed E-state index contributed by atoms with van der Waals surface area (Å²) in [5.41, 5.74) is 0.622. The lowest BCUT2D eigenvalue weighted by molar-refractivity contribution is -0.384. The summed E-state index contributed by atoms with van der Waals surface area (Å²) in [5.74, 6) is 0. The Morgan fingerprint density at radius 3 is 3.00 bits per heavy atom. The van der Waals surface area contributed by atoms with Gasteiger partial charge in [-0.15, -0.1) is 0 Å². The van der Waals surface area contributed by atoms with E-state index in [1.807, 2.05) is 18.3 Å². The van der Waals surface area contributed by atoms with Gasteiger partial charge in [0.05, 0.1) is 16.6 Å². The minimum atomic E-state index is -0.489. The summed E-state index contributed by atoms with van der Waals surface area (Å²) < 4.78 is 1.80. The molecule has 0 radical (unpaired) electrons. The molecule has 1 N–H and O–H groups in total. The first-order valence-corrected chi connectivity index (χ1v) is 6.10. The summed E-state index contributed by atoms with van der Waals surface area (Å²) in [6.07, 6.45) is 4.36. The highest BCUT2D eigenvalue weighted by molar-refractivity contribution is 5.63. The number of nitrogens with one attached hydrogen (secondary N) is 1. The third kappa shape index (κ3) is 3.32. The van der Waals surface area contributed by atoms with Gasteiger partial charge in [0.15, 0.2) is 0 Å². The Bertz CT molecular complexity index is 631. The maximum atomic E-state index is 11.0. The Balaban J connectivity index is 1.95. The van der Waals surface area contributed by atoms with E-state index < -0.39 is 4.92 Å². The molecule has 1 aromatic carbocycles. The van der Waals surface area contributed by atoms with E-state index >= 15 is 0 Å². The molecular weight excluding hydrogens is 258 g/mol. The van der Waals surface area contributed by atoms with Crippen molar-refractivity contribution in [3.05, 3.63) is 52.3 Å². The van der Waals surface area contributed by atoms with Crippen LogP contribution in [0.2, 0.25) is 0 Å². The van der Waals surface area contributed by atoms with Crippen LogP contribution in [0.1, 0.15) is 12.0 Å². The van der Waals surface area contributed by atoms with Crippen molar-refractivity contribution in [2.75, 3.05) is 11.9 Å². The van der Waals surface area contributed by atoms with E-state index in [1.165, 1.54) is 6.07 Å². The number of hydrogen-bond acceptors (Lipinski definition) is 5. The van der Waals surface area contributed by atoms with Crippen molar-refractivity contribution in [1.82, 2.24) is 9.78 Å². The number of anilines is 1. The van der Waals surface area contributed by atoms with Crippen LogP contribution in [0.4, 0.5) is 11.4 Å². The van der Waals surface area contributed by atoms with Crippen molar-refractivity contribution in [2.24, 2.45) is 0 Å². The van der Waals surface area contributed by atoms with Gasteiger partial charge in [-0.3, -0.25) is 14.8 Å². The largest absolute Gasteiger partial charge is 0.379 e. The van der Waals surface area contributed by atoms with Gasteiger partial charge in [0.2, 0.25) is 0 Å². The SMILES string of the molecule is N#Cc1ccc(NCCCn2cccn2)c([N+](=O)[O-])c1. The zero-order valence-electron chi connectivity index (χ0n) is 10.7. The number of nitro benzene ring substituents is 1. The Labute approximate surface area is 115 Å². The Morgan fingerprint density at radius 2 is 2.35 bits per heavy atom. The number of aryl methyl sites for hydroxylation is 1. The lowest BCUT2D eigenvalue weighted by atomic mass is 10.2. The quantitative estimate of drug-likeness (QED) is 0.493. The van der Waals surface area contributed by atoms with E-state index in [1.54, 1.807) is 23.0 Å². The molecule has 20 heavy (non-hydrogen) atoms. The van der Waals surface area contributed by atoms with Crippen molar-refractivity contribution in [2.45, 2.75) is 13.0 Å². The molecule has 2 aromatic rings. The average Bonchev–Trinajstić information content (AvgIpc) is 2.96. The molecule has 0 fully saturated rings. The second kappa shape index (κ2) is 6.33. The summed E-state index contributed by atoms with van der Waals surface area (Å²) in [6, 6.07) is 8.13. The zero-order valence-corrected chi connectivity index (χ0v) is 10.7. The van der Waals surface area contributed by atoms with Crippen LogP contribution in [-0.2, 0) is 6.54 Å². The third-order valence-electron chi connectivity index (χ3n) is 2.76. The van der Waals surface area contributed by atoms with Crippen LogP contribution in [0.15, 0.2) is 36.7 Å². The molecule has 0 bridgehead atoms. The number of nitriles is 1. The van der Waals surface area contributed by atoms with Gasteiger partial charge in [0.1, 0.15) is 5.69 Å². The van der Waals surface area contributed by atoms with Gasteiger partial charge in [-0.1, -0.05) is 0 Å². The van der Waals surface area contributed by atoms with Gasteiger partial charge in [-0.2, -0.15) is 10.4 Å². The van der Waals surface area contributed by atoms with Crippen molar-refractivity contribution >= 4 is 11.4 Å². The van der Waals surface area contributed by atoms with E-state index in [9.17, 15) is 10.1 Å². The topological polar surface area (TPSA) is 96.8 Å². The molecule has 0 aliphatic rings. The molecule has 0 saturated heterocycles. The smallest absolute Gasteiger partial charge is 0.293 e. The predicted molar refractivity (Wildman–Crippen MR) is 73.1 cm³/mol. The van der Waals surface area contributed by atoms with Crippen LogP contribution >= 0.6 is 0 Å². The van der Waals surface area contributed by atoms with Gasteiger partial charge in [-0.25, -0.2) is 0 Å². The lowest BCUT2D eigenvalue weighted by Crippen LogP contribution is -2.08. The third-order valence-corrected chi connectivity index (χ3v) is 2.76. The first kappa shape index (κ1) is 13.5. The number of rotatable bonds is 6. The first-order chi connectivity index (χ1) is 9.70. The molecule has 0 spiro atoms. The maximum absolute atomic E-state index is 11.0. The Morgan fingerprint density at radius 1 is 1.50 bits per heavy atom. The minimum absolute atomic E-state index is 0.0804. The number of benzene rings is 1. The van der Waals surface area contributed by atoms with Gasteiger partial charge in [-0.05, 0) is 24.6 Å². The van der Waals surface area contributed by atoms with Crippen LogP contribution in [0.3, 0.4) is 0 Å². The molecule has 0 aliphatic carbocycles. The van der Waals surface area contributed by atoms with E-state index in [0.717, 1.165) is 13.0 Å². The summed E-state index contributed by atoms with van der Waals surface area (Å²) in [4.78, 5) is 10.5. The van der Waals surface area contributed by atoms with Gasteiger partial charge >= 0.3 is 0 Å². The Kier molecular flexibility index (Phi) is 4.29. The first-order valence-electron chi connectivity index (χ1n) is 6.10. The molecular formula is C13H13N5O2. The molecule has 0 amide bonds. The van der Waals surface area contributed by atoms with Crippen LogP contribution in [0.25, 0.3) is 0 Å². The fourth-order valence-corrected chi connectivity index (χ4v) is 1.80. The molecule has 0 atom stereocenters. The van der Waals surface area contributed by atoms with Crippen molar-refractivity contribution in [3.8, 4) is 6.07 Å². The van der Waals surface area contributed by atoms with E-state index in [2.05, 4.69) is 10.4 Å². The second-order valence-corrected chi connectivity index (χ2v) is 4.15. The highest BCUT2D eigenvalue weighted by atomic mass is 16.6.